The molecule has 25 heavy (non-hydrogen) atoms. The Morgan fingerprint density at radius 3 is 2.60 bits per heavy atom. The second-order valence-corrected chi connectivity index (χ2v) is 7.53. The zero-order valence-corrected chi connectivity index (χ0v) is 15.5. The van der Waals surface area contributed by atoms with Gasteiger partial charge in [-0.15, -0.1) is 0 Å². The number of benzene rings is 1. The van der Waals surface area contributed by atoms with Gasteiger partial charge in [0.15, 0.2) is 0 Å². The van der Waals surface area contributed by atoms with Crippen LogP contribution in [0.3, 0.4) is 0 Å². The van der Waals surface area contributed by atoms with Gasteiger partial charge in [0.1, 0.15) is 0 Å². The van der Waals surface area contributed by atoms with Gasteiger partial charge in [-0.25, -0.2) is 0 Å². The molecule has 1 aromatic rings. The molecule has 2 saturated heterocycles. The summed E-state index contributed by atoms with van der Waals surface area (Å²) in [6.45, 7) is 7.39. The van der Waals surface area contributed by atoms with E-state index in [1.54, 1.807) is 0 Å². The quantitative estimate of drug-likeness (QED) is 0.794. The maximum atomic E-state index is 12.6. The van der Waals surface area contributed by atoms with Crippen LogP contribution in [-0.2, 0) is 16.1 Å². The second kappa shape index (κ2) is 9.35. The van der Waals surface area contributed by atoms with Crippen molar-refractivity contribution in [3.8, 4) is 0 Å². The first-order valence-electron chi connectivity index (χ1n) is 9.90. The van der Waals surface area contributed by atoms with Crippen LogP contribution in [0.15, 0.2) is 30.3 Å². The summed E-state index contributed by atoms with van der Waals surface area (Å²) in [4.78, 5) is 17.0. The molecule has 0 N–H and O–H groups in total. The van der Waals surface area contributed by atoms with Crippen molar-refractivity contribution in [2.75, 3.05) is 32.7 Å². The Labute approximate surface area is 152 Å². The molecule has 2 fully saturated rings. The van der Waals surface area contributed by atoms with Crippen LogP contribution in [-0.4, -0.2) is 54.5 Å². The predicted octanol–water partition coefficient (Wildman–Crippen LogP) is 3.32. The number of carbonyl (C=O) groups excluding carboxylic acids is 1. The second-order valence-electron chi connectivity index (χ2n) is 7.53. The van der Waals surface area contributed by atoms with Crippen molar-refractivity contribution in [1.82, 2.24) is 9.80 Å². The van der Waals surface area contributed by atoms with Crippen molar-refractivity contribution in [3.05, 3.63) is 35.9 Å². The lowest BCUT2D eigenvalue weighted by molar-refractivity contribution is -0.135. The molecule has 1 amide bonds. The number of amides is 1. The Hall–Kier alpha value is -1.39. The van der Waals surface area contributed by atoms with Gasteiger partial charge in [-0.05, 0) is 43.7 Å². The molecular weight excluding hydrogens is 312 g/mol. The summed E-state index contributed by atoms with van der Waals surface area (Å²) in [5, 5.41) is 0. The van der Waals surface area contributed by atoms with E-state index in [9.17, 15) is 4.79 Å². The summed E-state index contributed by atoms with van der Waals surface area (Å²) in [6, 6.07) is 10.3. The van der Waals surface area contributed by atoms with E-state index in [1.807, 2.05) is 23.1 Å². The molecule has 0 radical (unpaired) electrons. The van der Waals surface area contributed by atoms with Crippen molar-refractivity contribution in [3.63, 3.8) is 0 Å². The minimum Gasteiger partial charge on any atom is -0.373 e. The minimum absolute atomic E-state index is 0.281. The van der Waals surface area contributed by atoms with E-state index in [0.717, 1.165) is 44.9 Å². The third-order valence-electron chi connectivity index (χ3n) is 5.66. The zero-order chi connectivity index (χ0) is 17.5. The topological polar surface area (TPSA) is 32.8 Å². The monoisotopic (exact) mass is 344 g/mol. The lowest BCUT2D eigenvalue weighted by Gasteiger charge is -2.36. The van der Waals surface area contributed by atoms with Gasteiger partial charge in [-0.2, -0.15) is 0 Å². The van der Waals surface area contributed by atoms with Gasteiger partial charge in [0.25, 0.3) is 0 Å². The number of carbonyl (C=O) groups is 1. The SMILES string of the molecule is CCC1CCCN(CC(=O)N2CCC(OCc3ccccc3)CC2)C1. The molecule has 2 heterocycles. The fourth-order valence-corrected chi connectivity index (χ4v) is 3.98. The highest BCUT2D eigenvalue weighted by molar-refractivity contribution is 5.78. The Bertz CT molecular complexity index is 526. The summed E-state index contributed by atoms with van der Waals surface area (Å²) in [5.74, 6) is 1.08. The molecule has 2 aliphatic rings. The number of nitrogens with zero attached hydrogens (tertiary/aromatic N) is 2. The van der Waals surface area contributed by atoms with E-state index in [-0.39, 0.29) is 6.10 Å². The van der Waals surface area contributed by atoms with Gasteiger partial charge >= 0.3 is 0 Å². The number of ether oxygens (including phenoxy) is 1. The molecule has 2 aliphatic heterocycles. The number of rotatable bonds is 6. The molecule has 138 valence electrons. The summed E-state index contributed by atoms with van der Waals surface area (Å²) < 4.78 is 6.03. The molecule has 0 bridgehead atoms. The summed E-state index contributed by atoms with van der Waals surface area (Å²) in [7, 11) is 0. The summed E-state index contributed by atoms with van der Waals surface area (Å²) in [5.41, 5.74) is 1.22. The third kappa shape index (κ3) is 5.55. The molecule has 1 aromatic carbocycles. The largest absolute Gasteiger partial charge is 0.373 e. The molecule has 1 atom stereocenters. The highest BCUT2D eigenvalue weighted by atomic mass is 16.5. The van der Waals surface area contributed by atoms with Crippen LogP contribution in [0, 0.1) is 5.92 Å². The fraction of sp³-hybridized carbons (Fsp3) is 0.667. The maximum Gasteiger partial charge on any atom is 0.236 e. The van der Waals surface area contributed by atoms with Gasteiger partial charge in [-0.3, -0.25) is 9.69 Å². The Morgan fingerprint density at radius 2 is 1.88 bits per heavy atom. The van der Waals surface area contributed by atoms with Crippen LogP contribution in [0.2, 0.25) is 0 Å². The third-order valence-corrected chi connectivity index (χ3v) is 5.66. The van der Waals surface area contributed by atoms with Crippen LogP contribution in [0.5, 0.6) is 0 Å². The van der Waals surface area contributed by atoms with Crippen LogP contribution >= 0.6 is 0 Å². The fourth-order valence-electron chi connectivity index (χ4n) is 3.98. The standard InChI is InChI=1S/C21H32N2O2/c1-2-18-9-6-12-22(15-18)16-21(24)23-13-10-20(11-14-23)25-17-19-7-4-3-5-8-19/h3-5,7-8,18,20H,2,6,9-17H2,1H3. The number of hydrogen-bond donors (Lipinski definition) is 0. The van der Waals surface area contributed by atoms with Crippen molar-refractivity contribution in [1.29, 1.82) is 0 Å². The van der Waals surface area contributed by atoms with Gasteiger partial charge in [0.05, 0.1) is 19.3 Å². The van der Waals surface area contributed by atoms with Gasteiger partial charge in [0.2, 0.25) is 5.91 Å². The van der Waals surface area contributed by atoms with Crippen LogP contribution in [0.1, 0.15) is 44.6 Å². The summed E-state index contributed by atoms with van der Waals surface area (Å²) in [6.07, 6.45) is 5.98. The van der Waals surface area contributed by atoms with E-state index in [0.29, 0.717) is 19.1 Å². The lowest BCUT2D eigenvalue weighted by Crippen LogP contribution is -2.47. The van der Waals surface area contributed by atoms with Crippen molar-refractivity contribution in [2.24, 2.45) is 5.92 Å². The Kier molecular flexibility index (Phi) is 6.88. The summed E-state index contributed by atoms with van der Waals surface area (Å²) >= 11 is 0. The van der Waals surface area contributed by atoms with E-state index in [4.69, 9.17) is 4.74 Å². The lowest BCUT2D eigenvalue weighted by atomic mass is 9.95. The minimum atomic E-state index is 0.281. The molecular formula is C21H32N2O2. The Morgan fingerprint density at radius 1 is 1.12 bits per heavy atom. The average Bonchev–Trinajstić information content (AvgIpc) is 2.67. The number of piperidine rings is 2. The van der Waals surface area contributed by atoms with E-state index in [1.165, 1.54) is 24.8 Å². The molecule has 0 saturated carbocycles. The molecule has 0 aliphatic carbocycles. The molecule has 1 unspecified atom stereocenters. The molecule has 4 nitrogen and oxygen atoms in total. The van der Waals surface area contributed by atoms with Crippen molar-refractivity contribution in [2.45, 2.75) is 51.7 Å². The molecule has 0 aromatic heterocycles. The van der Waals surface area contributed by atoms with Gasteiger partial charge in [-0.1, -0.05) is 43.7 Å². The van der Waals surface area contributed by atoms with E-state index < -0.39 is 0 Å². The van der Waals surface area contributed by atoms with Gasteiger partial charge in [0, 0.05) is 19.6 Å². The molecule has 4 heteroatoms. The smallest absolute Gasteiger partial charge is 0.236 e. The highest BCUT2D eigenvalue weighted by Gasteiger charge is 2.26. The zero-order valence-electron chi connectivity index (χ0n) is 15.5. The molecule has 3 rings (SSSR count). The first-order valence-corrected chi connectivity index (χ1v) is 9.90. The van der Waals surface area contributed by atoms with Crippen LogP contribution in [0.25, 0.3) is 0 Å². The van der Waals surface area contributed by atoms with Crippen molar-refractivity contribution < 1.29 is 9.53 Å². The van der Waals surface area contributed by atoms with Crippen LogP contribution < -0.4 is 0 Å². The predicted molar refractivity (Wildman–Crippen MR) is 100 cm³/mol. The van der Waals surface area contributed by atoms with E-state index in [2.05, 4.69) is 24.0 Å². The average molecular weight is 344 g/mol. The number of likely N-dealkylation sites (tertiary alicyclic amines) is 2. The first kappa shape index (κ1) is 18.4. The van der Waals surface area contributed by atoms with Gasteiger partial charge < -0.3 is 9.64 Å². The number of hydrogen-bond acceptors (Lipinski definition) is 3. The normalized spacial score (nSPS) is 22.9. The Balaban J connectivity index is 1.37. The van der Waals surface area contributed by atoms with Crippen molar-refractivity contribution >= 4 is 5.91 Å². The molecule has 0 spiro atoms. The highest BCUT2D eigenvalue weighted by Crippen LogP contribution is 2.20. The van der Waals surface area contributed by atoms with Crippen LogP contribution in [0.4, 0.5) is 0 Å². The maximum absolute atomic E-state index is 12.6. The first-order chi connectivity index (χ1) is 12.2. The van der Waals surface area contributed by atoms with E-state index >= 15 is 0 Å².